The normalized spacial score (nSPS) is 39.6. The highest BCUT2D eigenvalue weighted by molar-refractivity contribution is 5.85. The molecule has 12 heavy (non-hydrogen) atoms. The van der Waals surface area contributed by atoms with Crippen LogP contribution in [0.1, 0.15) is 32.6 Å². The van der Waals surface area contributed by atoms with Crippen molar-refractivity contribution in [3.63, 3.8) is 0 Å². The Kier molecular flexibility index (Phi) is 2.14. The Labute approximate surface area is 71.4 Å². The molecule has 4 N–H and O–H groups in total. The van der Waals surface area contributed by atoms with E-state index in [1.54, 1.807) is 0 Å². The molecule has 0 spiro atoms. The summed E-state index contributed by atoms with van der Waals surface area (Å²) < 4.78 is 0. The molecule has 4 heteroatoms. The van der Waals surface area contributed by atoms with E-state index in [0.29, 0.717) is 6.42 Å². The van der Waals surface area contributed by atoms with Crippen molar-refractivity contribution in [1.29, 1.82) is 0 Å². The predicted molar refractivity (Wildman–Crippen MR) is 43.6 cm³/mol. The van der Waals surface area contributed by atoms with Gasteiger partial charge in [-0.15, -0.1) is 0 Å². The Morgan fingerprint density at radius 3 is 2.58 bits per heavy atom. The molecule has 1 fully saturated rings. The molecule has 0 aromatic rings. The first kappa shape index (κ1) is 9.48. The molecule has 0 aromatic carbocycles. The second-order valence-corrected chi connectivity index (χ2v) is 3.59. The van der Waals surface area contributed by atoms with E-state index in [0.717, 1.165) is 12.8 Å². The van der Waals surface area contributed by atoms with Gasteiger partial charge in [0.1, 0.15) is 5.54 Å². The average molecular weight is 173 g/mol. The predicted octanol–water partition coefficient (Wildman–Crippen LogP) is 0.0935. The van der Waals surface area contributed by atoms with Crippen molar-refractivity contribution < 1.29 is 15.0 Å². The molecule has 1 saturated carbocycles. The van der Waals surface area contributed by atoms with Crippen molar-refractivity contribution in [2.24, 2.45) is 5.73 Å². The fourth-order valence-electron chi connectivity index (χ4n) is 1.47. The van der Waals surface area contributed by atoms with Crippen molar-refractivity contribution in [3.05, 3.63) is 0 Å². The van der Waals surface area contributed by atoms with E-state index in [4.69, 9.17) is 10.8 Å². The first-order chi connectivity index (χ1) is 5.46. The number of aliphatic carboxylic acids is 1. The first-order valence-corrected chi connectivity index (χ1v) is 4.21. The molecule has 1 aliphatic rings. The lowest BCUT2D eigenvalue weighted by Crippen LogP contribution is -2.42. The molecular formula is C8H15NO3. The lowest BCUT2D eigenvalue weighted by atomic mass is 10.1. The number of rotatable bonds is 4. The van der Waals surface area contributed by atoms with Gasteiger partial charge in [-0.05, 0) is 6.42 Å². The Hall–Kier alpha value is -0.610. The van der Waals surface area contributed by atoms with E-state index in [-0.39, 0.29) is 6.42 Å². The molecule has 0 amide bonds. The summed E-state index contributed by atoms with van der Waals surface area (Å²) in [6, 6.07) is 0. The number of aliphatic hydroxyl groups is 1. The molecular weight excluding hydrogens is 158 g/mol. The van der Waals surface area contributed by atoms with Gasteiger partial charge in [-0.2, -0.15) is 0 Å². The van der Waals surface area contributed by atoms with Gasteiger partial charge >= 0.3 is 5.97 Å². The van der Waals surface area contributed by atoms with Crippen molar-refractivity contribution in [2.45, 2.75) is 43.7 Å². The zero-order valence-electron chi connectivity index (χ0n) is 7.21. The highest BCUT2D eigenvalue weighted by Gasteiger charge is 2.69. The molecule has 2 unspecified atom stereocenters. The van der Waals surface area contributed by atoms with Crippen LogP contribution < -0.4 is 5.73 Å². The molecule has 1 aliphatic carbocycles. The van der Waals surface area contributed by atoms with Crippen LogP contribution in [-0.2, 0) is 4.79 Å². The van der Waals surface area contributed by atoms with Crippen molar-refractivity contribution >= 4 is 5.97 Å². The molecule has 0 aromatic heterocycles. The van der Waals surface area contributed by atoms with E-state index in [1.165, 1.54) is 0 Å². The molecule has 2 atom stereocenters. The van der Waals surface area contributed by atoms with Crippen LogP contribution in [0.4, 0.5) is 0 Å². The van der Waals surface area contributed by atoms with Crippen LogP contribution in [0, 0.1) is 0 Å². The van der Waals surface area contributed by atoms with Crippen molar-refractivity contribution in [1.82, 2.24) is 0 Å². The summed E-state index contributed by atoms with van der Waals surface area (Å²) in [6.07, 6.45) is 2.45. The van der Waals surface area contributed by atoms with E-state index in [1.807, 2.05) is 6.92 Å². The van der Waals surface area contributed by atoms with Gasteiger partial charge in [-0.25, -0.2) is 0 Å². The van der Waals surface area contributed by atoms with Gasteiger partial charge in [-0.1, -0.05) is 19.8 Å². The number of carboxylic acids is 1. The zero-order valence-corrected chi connectivity index (χ0v) is 7.21. The molecule has 0 heterocycles. The monoisotopic (exact) mass is 173 g/mol. The van der Waals surface area contributed by atoms with Crippen molar-refractivity contribution in [2.75, 3.05) is 0 Å². The lowest BCUT2D eigenvalue weighted by Gasteiger charge is -2.12. The third kappa shape index (κ3) is 1.21. The lowest BCUT2D eigenvalue weighted by molar-refractivity contribution is -0.141. The van der Waals surface area contributed by atoms with Crippen LogP contribution in [0.25, 0.3) is 0 Å². The number of carbonyl (C=O) groups is 1. The molecule has 1 rings (SSSR count). The molecule has 0 saturated heterocycles. The number of hydrogen-bond acceptors (Lipinski definition) is 3. The van der Waals surface area contributed by atoms with Crippen LogP contribution in [0.5, 0.6) is 0 Å². The van der Waals surface area contributed by atoms with Gasteiger partial charge in [0.05, 0.1) is 5.60 Å². The summed E-state index contributed by atoms with van der Waals surface area (Å²) in [5, 5.41) is 18.3. The SMILES string of the molecule is CCCCC1(O)CC1(N)C(=O)O. The second kappa shape index (κ2) is 2.71. The maximum Gasteiger partial charge on any atom is 0.326 e. The van der Waals surface area contributed by atoms with E-state index in [9.17, 15) is 9.90 Å². The van der Waals surface area contributed by atoms with Crippen molar-refractivity contribution in [3.8, 4) is 0 Å². The van der Waals surface area contributed by atoms with Crippen LogP contribution in [-0.4, -0.2) is 27.3 Å². The summed E-state index contributed by atoms with van der Waals surface area (Å²) in [5.74, 6) is -1.10. The summed E-state index contributed by atoms with van der Waals surface area (Å²) in [6.45, 7) is 1.99. The minimum absolute atomic E-state index is 0.190. The number of unbranched alkanes of at least 4 members (excludes halogenated alkanes) is 1. The van der Waals surface area contributed by atoms with E-state index < -0.39 is 17.1 Å². The Morgan fingerprint density at radius 2 is 2.25 bits per heavy atom. The van der Waals surface area contributed by atoms with Gasteiger partial charge in [0, 0.05) is 6.42 Å². The highest BCUT2D eigenvalue weighted by atomic mass is 16.4. The van der Waals surface area contributed by atoms with Crippen LogP contribution >= 0.6 is 0 Å². The molecule has 0 bridgehead atoms. The maximum absolute atomic E-state index is 10.6. The first-order valence-electron chi connectivity index (χ1n) is 4.21. The Morgan fingerprint density at radius 1 is 1.67 bits per heavy atom. The largest absolute Gasteiger partial charge is 0.480 e. The molecule has 0 radical (unpaired) electrons. The standard InChI is InChI=1S/C8H15NO3/c1-2-3-4-7(12)5-8(7,9)6(10)11/h12H,2-5,9H2,1H3,(H,10,11). The summed E-state index contributed by atoms with van der Waals surface area (Å²) in [5.41, 5.74) is 2.94. The van der Waals surface area contributed by atoms with Gasteiger partial charge < -0.3 is 15.9 Å². The molecule has 4 nitrogen and oxygen atoms in total. The van der Waals surface area contributed by atoms with Gasteiger partial charge in [-0.3, -0.25) is 4.79 Å². The Bertz CT molecular complexity index is 206. The topological polar surface area (TPSA) is 83.5 Å². The van der Waals surface area contributed by atoms with E-state index in [2.05, 4.69) is 0 Å². The smallest absolute Gasteiger partial charge is 0.326 e. The molecule has 0 aliphatic heterocycles. The average Bonchev–Trinajstić information content (AvgIpc) is 2.54. The summed E-state index contributed by atoms with van der Waals surface area (Å²) >= 11 is 0. The number of nitrogens with two attached hydrogens (primary N) is 1. The second-order valence-electron chi connectivity index (χ2n) is 3.59. The number of hydrogen-bond donors (Lipinski definition) is 3. The third-order valence-electron chi connectivity index (χ3n) is 2.60. The van der Waals surface area contributed by atoms with Gasteiger partial charge in [0.15, 0.2) is 0 Å². The summed E-state index contributed by atoms with van der Waals surface area (Å²) in [7, 11) is 0. The van der Waals surface area contributed by atoms with Gasteiger partial charge in [0.25, 0.3) is 0 Å². The highest BCUT2D eigenvalue weighted by Crippen LogP contribution is 2.49. The quantitative estimate of drug-likeness (QED) is 0.562. The minimum atomic E-state index is -1.37. The van der Waals surface area contributed by atoms with Crippen LogP contribution in [0.3, 0.4) is 0 Å². The van der Waals surface area contributed by atoms with Gasteiger partial charge in [0.2, 0.25) is 0 Å². The van der Waals surface area contributed by atoms with Crippen LogP contribution in [0.2, 0.25) is 0 Å². The maximum atomic E-state index is 10.6. The number of carboxylic acid groups (broad SMARTS) is 1. The third-order valence-corrected chi connectivity index (χ3v) is 2.60. The van der Waals surface area contributed by atoms with Crippen LogP contribution in [0.15, 0.2) is 0 Å². The fourth-order valence-corrected chi connectivity index (χ4v) is 1.47. The molecule has 70 valence electrons. The Balaban J connectivity index is 2.51. The zero-order chi connectivity index (χ0) is 9.41. The van der Waals surface area contributed by atoms with E-state index >= 15 is 0 Å². The fraction of sp³-hybridized carbons (Fsp3) is 0.875. The minimum Gasteiger partial charge on any atom is -0.480 e. The summed E-state index contributed by atoms with van der Waals surface area (Å²) in [4.78, 5) is 10.6.